The molecule has 0 fully saturated rings. The number of rotatable bonds is 40. The van der Waals surface area contributed by atoms with Gasteiger partial charge in [-0.3, -0.25) is 9.59 Å². The van der Waals surface area contributed by atoms with Crippen molar-refractivity contribution in [2.24, 2.45) is 5.92 Å². The van der Waals surface area contributed by atoms with E-state index in [-0.39, 0.29) is 25.2 Å². The highest BCUT2D eigenvalue weighted by Crippen LogP contribution is 2.17. The Morgan fingerprint density at radius 1 is 0.469 bits per heavy atom. The molecule has 0 aliphatic heterocycles. The highest BCUT2D eigenvalue weighted by atomic mass is 16.6. The Morgan fingerprint density at radius 2 is 0.796 bits per heavy atom. The molecule has 1 N–H and O–H groups in total. The minimum absolute atomic E-state index is 0.0572. The highest BCUT2D eigenvalue weighted by molar-refractivity contribution is 5.70. The van der Waals surface area contributed by atoms with Gasteiger partial charge in [-0.15, -0.1) is 0 Å². The predicted octanol–water partition coefficient (Wildman–Crippen LogP) is 13.8. The summed E-state index contributed by atoms with van der Waals surface area (Å²) < 4.78 is 10.6. The lowest BCUT2D eigenvalue weighted by Gasteiger charge is -2.15. The average molecular weight is 695 g/mol. The fourth-order valence-electron chi connectivity index (χ4n) is 6.71. The molecule has 0 bridgehead atoms. The maximum atomic E-state index is 12.2. The Bertz CT molecular complexity index is 680. The van der Waals surface area contributed by atoms with Crippen LogP contribution in [0.4, 0.5) is 0 Å². The summed E-state index contributed by atoms with van der Waals surface area (Å²) in [6, 6.07) is 0. The molecule has 0 aliphatic rings. The largest absolute Gasteiger partial charge is 0.462 e. The third-order valence-corrected chi connectivity index (χ3v) is 10.4. The summed E-state index contributed by atoms with van der Waals surface area (Å²) in [6.45, 7) is 6.57. The molecule has 0 aromatic rings. The van der Waals surface area contributed by atoms with Crippen LogP contribution in [-0.4, -0.2) is 36.4 Å². The standard InChI is InChI=1S/C44H86O5/c1-4-6-7-8-9-10-11-12-13-14-15-20-23-26-29-32-35-38-44(47)49-42(39-45)40-48-43(46)37-34-31-28-25-22-19-17-16-18-21-24-27-30-33-36-41(3)5-2/h41-42,45H,4-40H2,1-3H3/t41?,42-/m0/s1. The molecule has 0 aromatic heterocycles. The van der Waals surface area contributed by atoms with Crippen LogP contribution in [0.1, 0.15) is 245 Å². The molecule has 0 heterocycles. The number of unbranched alkanes of at least 4 members (excludes halogenated alkanes) is 29. The minimum atomic E-state index is -0.762. The lowest BCUT2D eigenvalue weighted by atomic mass is 9.99. The van der Waals surface area contributed by atoms with Crippen molar-refractivity contribution in [1.82, 2.24) is 0 Å². The van der Waals surface area contributed by atoms with Gasteiger partial charge in [-0.25, -0.2) is 0 Å². The van der Waals surface area contributed by atoms with Crippen LogP contribution >= 0.6 is 0 Å². The zero-order valence-electron chi connectivity index (χ0n) is 33.4. The molecular formula is C44H86O5. The molecule has 0 rings (SSSR count). The third kappa shape index (κ3) is 38.0. The molecule has 0 aromatic carbocycles. The number of carbonyl (C=O) groups is 2. The van der Waals surface area contributed by atoms with Crippen LogP contribution in [0.3, 0.4) is 0 Å². The van der Waals surface area contributed by atoms with Gasteiger partial charge >= 0.3 is 11.9 Å². The second kappa shape index (κ2) is 39.7. The normalized spacial score (nSPS) is 12.7. The van der Waals surface area contributed by atoms with Crippen LogP contribution in [0.25, 0.3) is 0 Å². The first-order valence-electron chi connectivity index (χ1n) is 22.0. The lowest BCUT2D eigenvalue weighted by Crippen LogP contribution is -2.28. The number of hydrogen-bond donors (Lipinski definition) is 1. The van der Waals surface area contributed by atoms with E-state index in [0.717, 1.165) is 38.0 Å². The predicted molar refractivity (Wildman–Crippen MR) is 210 cm³/mol. The van der Waals surface area contributed by atoms with Crippen LogP contribution in [0.5, 0.6) is 0 Å². The summed E-state index contributed by atoms with van der Waals surface area (Å²) >= 11 is 0. The third-order valence-electron chi connectivity index (χ3n) is 10.4. The van der Waals surface area contributed by atoms with Crippen molar-refractivity contribution < 1.29 is 24.2 Å². The van der Waals surface area contributed by atoms with Gasteiger partial charge in [0.2, 0.25) is 0 Å². The van der Waals surface area contributed by atoms with Crippen molar-refractivity contribution in [2.45, 2.75) is 252 Å². The monoisotopic (exact) mass is 695 g/mol. The molecule has 0 amide bonds. The lowest BCUT2D eigenvalue weighted by molar-refractivity contribution is -0.161. The Hall–Kier alpha value is -1.10. The van der Waals surface area contributed by atoms with Crippen molar-refractivity contribution in [1.29, 1.82) is 0 Å². The van der Waals surface area contributed by atoms with Crippen molar-refractivity contribution in [3.8, 4) is 0 Å². The van der Waals surface area contributed by atoms with E-state index < -0.39 is 6.10 Å². The number of esters is 2. The van der Waals surface area contributed by atoms with Crippen molar-refractivity contribution in [3.63, 3.8) is 0 Å². The first-order chi connectivity index (χ1) is 24.0. The number of carbonyl (C=O) groups excluding carboxylic acids is 2. The van der Waals surface area contributed by atoms with Crippen LogP contribution in [0, 0.1) is 5.92 Å². The maximum absolute atomic E-state index is 12.2. The van der Waals surface area contributed by atoms with Gasteiger partial charge in [0, 0.05) is 12.8 Å². The zero-order chi connectivity index (χ0) is 35.9. The molecule has 292 valence electrons. The van der Waals surface area contributed by atoms with Crippen molar-refractivity contribution in [3.05, 3.63) is 0 Å². The molecule has 5 nitrogen and oxygen atoms in total. The molecule has 0 saturated carbocycles. The topological polar surface area (TPSA) is 72.8 Å². The molecule has 0 spiro atoms. The van der Waals surface area contributed by atoms with Gasteiger partial charge in [-0.2, -0.15) is 0 Å². The Labute approximate surface area is 306 Å². The van der Waals surface area contributed by atoms with E-state index in [2.05, 4.69) is 20.8 Å². The zero-order valence-corrected chi connectivity index (χ0v) is 33.4. The van der Waals surface area contributed by atoms with E-state index in [0.29, 0.717) is 12.8 Å². The fraction of sp³-hybridized carbons (Fsp3) is 0.955. The van der Waals surface area contributed by atoms with E-state index >= 15 is 0 Å². The van der Waals surface area contributed by atoms with Gasteiger partial charge in [0.15, 0.2) is 6.10 Å². The van der Waals surface area contributed by atoms with Crippen LogP contribution in [0.2, 0.25) is 0 Å². The summed E-state index contributed by atoms with van der Waals surface area (Å²) in [4.78, 5) is 24.3. The number of aliphatic hydroxyl groups excluding tert-OH is 1. The summed E-state index contributed by atoms with van der Waals surface area (Å²) in [7, 11) is 0. The number of ether oxygens (including phenoxy) is 2. The molecule has 0 aliphatic carbocycles. The van der Waals surface area contributed by atoms with E-state index in [9.17, 15) is 14.7 Å². The van der Waals surface area contributed by atoms with Gasteiger partial charge in [-0.1, -0.05) is 220 Å². The fourth-order valence-corrected chi connectivity index (χ4v) is 6.71. The summed E-state index contributed by atoms with van der Waals surface area (Å²) in [5, 5.41) is 9.58. The summed E-state index contributed by atoms with van der Waals surface area (Å²) in [5.74, 6) is 0.330. The van der Waals surface area contributed by atoms with E-state index in [1.807, 2.05) is 0 Å². The SMILES string of the molecule is CCCCCCCCCCCCCCCCCCCC(=O)O[C@@H](CO)COC(=O)CCCCCCCCCCCCCCCCC(C)CC. The summed E-state index contributed by atoms with van der Waals surface area (Å²) in [5.41, 5.74) is 0. The van der Waals surface area contributed by atoms with Crippen molar-refractivity contribution >= 4 is 11.9 Å². The number of aliphatic hydroxyl groups is 1. The number of hydrogen-bond acceptors (Lipinski definition) is 5. The van der Waals surface area contributed by atoms with Gasteiger partial charge in [0.05, 0.1) is 6.61 Å². The second-order valence-corrected chi connectivity index (χ2v) is 15.4. The van der Waals surface area contributed by atoms with Gasteiger partial charge in [-0.05, 0) is 18.8 Å². The first-order valence-corrected chi connectivity index (χ1v) is 22.0. The van der Waals surface area contributed by atoms with Crippen molar-refractivity contribution in [2.75, 3.05) is 13.2 Å². The smallest absolute Gasteiger partial charge is 0.306 e. The van der Waals surface area contributed by atoms with Gasteiger partial charge in [0.1, 0.15) is 6.61 Å². The molecule has 0 saturated heterocycles. The molecule has 1 unspecified atom stereocenters. The van der Waals surface area contributed by atoms with E-state index in [1.54, 1.807) is 0 Å². The molecule has 0 radical (unpaired) electrons. The Kier molecular flexibility index (Phi) is 38.8. The van der Waals surface area contributed by atoms with Gasteiger partial charge < -0.3 is 14.6 Å². The van der Waals surface area contributed by atoms with Crippen LogP contribution < -0.4 is 0 Å². The Morgan fingerprint density at radius 3 is 1.14 bits per heavy atom. The molecular weight excluding hydrogens is 608 g/mol. The summed E-state index contributed by atoms with van der Waals surface area (Å²) in [6.07, 6.45) is 43.1. The van der Waals surface area contributed by atoms with E-state index in [4.69, 9.17) is 9.47 Å². The molecule has 2 atom stereocenters. The van der Waals surface area contributed by atoms with Crippen LogP contribution in [-0.2, 0) is 19.1 Å². The van der Waals surface area contributed by atoms with Crippen LogP contribution in [0.15, 0.2) is 0 Å². The molecule has 49 heavy (non-hydrogen) atoms. The molecule has 5 heteroatoms. The second-order valence-electron chi connectivity index (χ2n) is 15.4. The average Bonchev–Trinajstić information content (AvgIpc) is 3.10. The quantitative estimate of drug-likeness (QED) is 0.0510. The highest BCUT2D eigenvalue weighted by Gasteiger charge is 2.16. The minimum Gasteiger partial charge on any atom is -0.462 e. The van der Waals surface area contributed by atoms with Gasteiger partial charge in [0.25, 0.3) is 0 Å². The Balaban J connectivity index is 3.47. The van der Waals surface area contributed by atoms with E-state index in [1.165, 1.54) is 180 Å². The first kappa shape index (κ1) is 47.9. The maximum Gasteiger partial charge on any atom is 0.306 e.